The number of amides is 3. The first kappa shape index (κ1) is 23.6. The normalized spacial score (nSPS) is 12.7. The maximum Gasteiger partial charge on any atom is 0.261 e. The number of thiazole rings is 1. The number of hydrogen-bond acceptors (Lipinski definition) is 6. The molecule has 0 saturated carbocycles. The lowest BCUT2D eigenvalue weighted by Gasteiger charge is -2.13. The van der Waals surface area contributed by atoms with Crippen LogP contribution in [-0.2, 0) is 4.79 Å². The van der Waals surface area contributed by atoms with Crippen molar-refractivity contribution in [1.82, 2.24) is 9.88 Å². The molecule has 34 heavy (non-hydrogen) atoms. The van der Waals surface area contributed by atoms with Gasteiger partial charge in [0, 0.05) is 23.9 Å². The number of hydrogen-bond donors (Lipinski definition) is 1. The summed E-state index contributed by atoms with van der Waals surface area (Å²) in [6.07, 6.45) is 3.41. The van der Waals surface area contributed by atoms with Gasteiger partial charge < -0.3 is 10.1 Å². The third-order valence-electron chi connectivity index (χ3n) is 5.54. The Morgan fingerprint density at radius 2 is 1.71 bits per heavy atom. The van der Waals surface area contributed by atoms with E-state index in [-0.39, 0.29) is 17.7 Å². The number of anilines is 1. The van der Waals surface area contributed by atoms with Gasteiger partial charge in [-0.2, -0.15) is 0 Å². The van der Waals surface area contributed by atoms with Crippen LogP contribution in [0.3, 0.4) is 0 Å². The van der Waals surface area contributed by atoms with Gasteiger partial charge in [-0.25, -0.2) is 4.98 Å². The molecule has 1 N–H and O–H groups in total. The van der Waals surface area contributed by atoms with E-state index in [9.17, 15) is 14.4 Å². The van der Waals surface area contributed by atoms with Crippen molar-refractivity contribution in [3.05, 3.63) is 65.0 Å². The molecule has 1 aliphatic heterocycles. The Bertz CT molecular complexity index is 1140. The van der Waals surface area contributed by atoms with E-state index >= 15 is 0 Å². The highest BCUT2D eigenvalue weighted by Gasteiger charge is 2.34. The first-order chi connectivity index (χ1) is 16.6. The molecule has 7 nitrogen and oxygen atoms in total. The molecule has 1 aliphatic rings. The van der Waals surface area contributed by atoms with Crippen LogP contribution in [-0.4, -0.2) is 40.8 Å². The average Bonchev–Trinajstić information content (AvgIpc) is 3.41. The van der Waals surface area contributed by atoms with Gasteiger partial charge in [0.25, 0.3) is 11.8 Å². The summed E-state index contributed by atoms with van der Waals surface area (Å²) in [5, 5.41) is 5.34. The van der Waals surface area contributed by atoms with Crippen molar-refractivity contribution in [3.63, 3.8) is 0 Å². The molecule has 0 unspecified atom stereocenters. The second-order valence-electron chi connectivity index (χ2n) is 8.08. The summed E-state index contributed by atoms with van der Waals surface area (Å²) in [6, 6.07) is 14.6. The quantitative estimate of drug-likeness (QED) is 0.295. The van der Waals surface area contributed by atoms with Crippen LogP contribution in [0.2, 0.25) is 0 Å². The largest absolute Gasteiger partial charge is 0.494 e. The number of imide groups is 1. The molecule has 176 valence electrons. The van der Waals surface area contributed by atoms with Gasteiger partial charge in [-0.1, -0.05) is 25.5 Å². The number of aromatic nitrogens is 1. The summed E-state index contributed by atoms with van der Waals surface area (Å²) in [5.41, 5.74) is 2.71. The van der Waals surface area contributed by atoms with E-state index in [1.807, 2.05) is 29.6 Å². The van der Waals surface area contributed by atoms with Gasteiger partial charge >= 0.3 is 0 Å². The van der Waals surface area contributed by atoms with E-state index < -0.39 is 0 Å². The number of benzene rings is 2. The Labute approximate surface area is 202 Å². The summed E-state index contributed by atoms with van der Waals surface area (Å²) in [4.78, 5) is 42.8. The number of nitrogens with one attached hydrogen (secondary N) is 1. The van der Waals surface area contributed by atoms with Gasteiger partial charge in [-0.05, 0) is 55.7 Å². The van der Waals surface area contributed by atoms with Crippen LogP contribution >= 0.6 is 11.3 Å². The molecule has 3 aromatic rings. The topological polar surface area (TPSA) is 88.6 Å². The molecule has 2 heterocycles. The number of fused-ring (bicyclic) bond motifs is 1. The van der Waals surface area contributed by atoms with Crippen LogP contribution in [0.5, 0.6) is 5.75 Å². The van der Waals surface area contributed by atoms with E-state index in [4.69, 9.17) is 4.74 Å². The minimum atomic E-state index is -0.235. The van der Waals surface area contributed by atoms with Crippen LogP contribution in [0.15, 0.2) is 53.9 Å². The Morgan fingerprint density at radius 3 is 2.38 bits per heavy atom. The molecular formula is C26H27N3O4S. The molecular weight excluding hydrogens is 450 g/mol. The molecule has 4 rings (SSSR count). The van der Waals surface area contributed by atoms with Crippen LogP contribution < -0.4 is 10.1 Å². The molecule has 1 aromatic heterocycles. The van der Waals surface area contributed by atoms with Crippen molar-refractivity contribution < 1.29 is 19.1 Å². The zero-order valence-electron chi connectivity index (χ0n) is 19.1. The molecule has 0 bridgehead atoms. The van der Waals surface area contributed by atoms with Gasteiger partial charge in [0.1, 0.15) is 5.75 Å². The average molecular weight is 478 g/mol. The Hall–Kier alpha value is -3.52. The highest BCUT2D eigenvalue weighted by Crippen LogP contribution is 2.27. The zero-order chi connectivity index (χ0) is 23.9. The minimum absolute atomic E-state index is 0.0926. The maximum atomic E-state index is 12.4. The molecule has 3 amide bonds. The predicted octanol–water partition coefficient (Wildman–Crippen LogP) is 5.39. The minimum Gasteiger partial charge on any atom is -0.494 e. The number of ether oxygens (including phenoxy) is 1. The second kappa shape index (κ2) is 11.1. The van der Waals surface area contributed by atoms with Crippen molar-refractivity contribution in [3.8, 4) is 17.0 Å². The number of nitrogens with zero attached hydrogens (tertiary/aromatic N) is 2. The summed E-state index contributed by atoms with van der Waals surface area (Å²) >= 11 is 1.39. The molecule has 0 fully saturated rings. The Kier molecular flexibility index (Phi) is 7.69. The fourth-order valence-corrected chi connectivity index (χ4v) is 4.50. The fraction of sp³-hybridized carbons (Fsp3) is 0.308. The lowest BCUT2D eigenvalue weighted by Crippen LogP contribution is -2.30. The van der Waals surface area contributed by atoms with Crippen molar-refractivity contribution in [2.75, 3.05) is 18.5 Å². The first-order valence-corrected chi connectivity index (χ1v) is 12.4. The summed E-state index contributed by atoms with van der Waals surface area (Å²) in [5.74, 6) is 0.268. The van der Waals surface area contributed by atoms with Gasteiger partial charge in [-0.3, -0.25) is 19.3 Å². The lowest BCUT2D eigenvalue weighted by atomic mass is 10.1. The predicted molar refractivity (Wildman–Crippen MR) is 132 cm³/mol. The van der Waals surface area contributed by atoms with Crippen LogP contribution in [0.25, 0.3) is 11.3 Å². The number of carbonyl (C=O) groups excluding carboxylic acids is 3. The summed E-state index contributed by atoms with van der Waals surface area (Å²) in [7, 11) is 0. The van der Waals surface area contributed by atoms with Crippen molar-refractivity contribution in [2.24, 2.45) is 0 Å². The van der Waals surface area contributed by atoms with E-state index in [0.29, 0.717) is 48.7 Å². The van der Waals surface area contributed by atoms with E-state index in [0.717, 1.165) is 29.8 Å². The fourth-order valence-electron chi connectivity index (χ4n) is 3.76. The number of rotatable bonds is 11. The third kappa shape index (κ3) is 5.51. The highest BCUT2D eigenvalue weighted by molar-refractivity contribution is 7.14. The molecule has 0 aliphatic carbocycles. The standard InChI is InChI=1S/C26H27N3O4S/c1-2-16-33-19-13-11-18(12-14-19)22-17-34-26(27-22)28-23(30)10-4-3-7-15-29-24(31)20-8-5-6-9-21(20)25(29)32/h5-6,8-9,11-14,17H,2-4,7,10,15-16H2,1H3,(H,27,28,30). The van der Waals surface area contributed by atoms with Crippen molar-refractivity contribution >= 4 is 34.2 Å². The van der Waals surface area contributed by atoms with E-state index in [1.54, 1.807) is 24.3 Å². The molecule has 2 aromatic carbocycles. The molecule has 0 spiro atoms. The van der Waals surface area contributed by atoms with Crippen molar-refractivity contribution in [2.45, 2.75) is 39.0 Å². The van der Waals surface area contributed by atoms with E-state index in [1.165, 1.54) is 16.2 Å². The highest BCUT2D eigenvalue weighted by atomic mass is 32.1. The lowest BCUT2D eigenvalue weighted by molar-refractivity contribution is -0.116. The molecule has 0 saturated heterocycles. The van der Waals surface area contributed by atoms with Crippen LogP contribution in [0.1, 0.15) is 59.7 Å². The smallest absolute Gasteiger partial charge is 0.261 e. The van der Waals surface area contributed by atoms with Gasteiger partial charge in [0.2, 0.25) is 5.91 Å². The molecule has 0 atom stereocenters. The molecule has 8 heteroatoms. The van der Waals surface area contributed by atoms with Crippen molar-refractivity contribution in [1.29, 1.82) is 0 Å². The van der Waals surface area contributed by atoms with Gasteiger partial charge in [0.15, 0.2) is 5.13 Å². The summed E-state index contributed by atoms with van der Waals surface area (Å²) < 4.78 is 5.60. The Morgan fingerprint density at radius 1 is 1.00 bits per heavy atom. The number of carbonyl (C=O) groups is 3. The van der Waals surface area contributed by atoms with Crippen LogP contribution in [0.4, 0.5) is 5.13 Å². The monoisotopic (exact) mass is 477 g/mol. The maximum absolute atomic E-state index is 12.4. The number of unbranched alkanes of at least 4 members (excludes halogenated alkanes) is 2. The van der Waals surface area contributed by atoms with Crippen LogP contribution in [0, 0.1) is 0 Å². The van der Waals surface area contributed by atoms with E-state index in [2.05, 4.69) is 17.2 Å². The summed E-state index contributed by atoms with van der Waals surface area (Å²) in [6.45, 7) is 3.12. The second-order valence-corrected chi connectivity index (χ2v) is 8.94. The third-order valence-corrected chi connectivity index (χ3v) is 6.29. The van der Waals surface area contributed by atoms with Gasteiger partial charge in [-0.15, -0.1) is 11.3 Å². The van der Waals surface area contributed by atoms with Gasteiger partial charge in [0.05, 0.1) is 23.4 Å². The zero-order valence-corrected chi connectivity index (χ0v) is 19.9. The first-order valence-electron chi connectivity index (χ1n) is 11.5. The molecule has 0 radical (unpaired) electrons. The Balaban J connectivity index is 1.18. The SMILES string of the molecule is CCCOc1ccc(-c2csc(NC(=O)CCCCCN3C(=O)c4ccccc4C3=O)n2)cc1.